The van der Waals surface area contributed by atoms with Crippen molar-refractivity contribution in [3.8, 4) is 0 Å². The Labute approximate surface area is 98.4 Å². The SMILES string of the molecule is CSc1nncn1/N=C/c1ccc(C)cc1. The molecule has 0 bridgehead atoms. The van der Waals surface area contributed by atoms with Crippen molar-refractivity contribution in [2.24, 2.45) is 5.10 Å². The Hall–Kier alpha value is -1.62. The lowest BCUT2D eigenvalue weighted by atomic mass is 10.2. The maximum absolute atomic E-state index is 4.28. The first kappa shape index (κ1) is 10.9. The number of hydrogen-bond donors (Lipinski definition) is 0. The molecule has 16 heavy (non-hydrogen) atoms. The van der Waals surface area contributed by atoms with Crippen molar-refractivity contribution >= 4 is 18.0 Å². The Bertz CT molecular complexity index is 487. The lowest BCUT2D eigenvalue weighted by Gasteiger charge is -1.96. The summed E-state index contributed by atoms with van der Waals surface area (Å²) in [6, 6.07) is 8.18. The normalized spacial score (nSPS) is 11.1. The molecule has 2 rings (SSSR count). The zero-order chi connectivity index (χ0) is 11.4. The number of aryl methyl sites for hydroxylation is 1. The van der Waals surface area contributed by atoms with E-state index in [0.29, 0.717) is 0 Å². The highest BCUT2D eigenvalue weighted by Gasteiger charge is 1.98. The highest BCUT2D eigenvalue weighted by atomic mass is 32.2. The fourth-order valence-corrected chi connectivity index (χ4v) is 1.62. The van der Waals surface area contributed by atoms with Gasteiger partial charge in [0.15, 0.2) is 0 Å². The second-order valence-corrected chi connectivity index (χ2v) is 4.09. The number of rotatable bonds is 3. The summed E-state index contributed by atoms with van der Waals surface area (Å²) in [7, 11) is 0. The minimum absolute atomic E-state index is 0.781. The Morgan fingerprint density at radius 1 is 1.31 bits per heavy atom. The molecule has 0 aliphatic rings. The summed E-state index contributed by atoms with van der Waals surface area (Å²) in [6.45, 7) is 2.06. The van der Waals surface area contributed by atoms with Crippen LogP contribution < -0.4 is 0 Å². The molecule has 2 aromatic rings. The van der Waals surface area contributed by atoms with E-state index in [-0.39, 0.29) is 0 Å². The molecule has 1 aromatic carbocycles. The minimum Gasteiger partial charge on any atom is -0.195 e. The summed E-state index contributed by atoms with van der Waals surface area (Å²) in [4.78, 5) is 0. The van der Waals surface area contributed by atoms with Crippen LogP contribution in [0.1, 0.15) is 11.1 Å². The fourth-order valence-electron chi connectivity index (χ4n) is 1.21. The van der Waals surface area contributed by atoms with Gasteiger partial charge in [-0.1, -0.05) is 41.6 Å². The highest BCUT2D eigenvalue weighted by molar-refractivity contribution is 7.98. The molecular weight excluding hydrogens is 220 g/mol. The summed E-state index contributed by atoms with van der Waals surface area (Å²) in [5.41, 5.74) is 2.30. The lowest BCUT2D eigenvalue weighted by molar-refractivity contribution is 0.768. The summed E-state index contributed by atoms with van der Waals surface area (Å²) >= 11 is 1.52. The molecule has 1 heterocycles. The molecule has 0 aliphatic heterocycles. The standard InChI is InChI=1S/C11H12N4S/c1-9-3-5-10(6-4-9)7-13-15-8-12-14-11(15)16-2/h3-8H,1-2H3/b13-7+. The molecule has 0 saturated heterocycles. The van der Waals surface area contributed by atoms with Crippen molar-refractivity contribution in [3.63, 3.8) is 0 Å². The second kappa shape index (κ2) is 4.94. The maximum atomic E-state index is 4.28. The summed E-state index contributed by atoms with van der Waals surface area (Å²) in [5.74, 6) is 0. The third kappa shape index (κ3) is 2.49. The van der Waals surface area contributed by atoms with Crippen LogP contribution in [0.5, 0.6) is 0 Å². The van der Waals surface area contributed by atoms with Crippen molar-refractivity contribution in [2.75, 3.05) is 6.26 Å². The van der Waals surface area contributed by atoms with E-state index < -0.39 is 0 Å². The third-order valence-corrected chi connectivity index (χ3v) is 2.73. The molecule has 5 heteroatoms. The van der Waals surface area contributed by atoms with E-state index in [1.807, 2.05) is 18.4 Å². The Balaban J connectivity index is 2.18. The molecule has 0 aliphatic carbocycles. The Kier molecular flexibility index (Phi) is 3.36. The van der Waals surface area contributed by atoms with Gasteiger partial charge in [-0.05, 0) is 18.7 Å². The predicted molar refractivity (Wildman–Crippen MR) is 66.0 cm³/mol. The van der Waals surface area contributed by atoms with Gasteiger partial charge >= 0.3 is 0 Å². The third-order valence-electron chi connectivity index (χ3n) is 2.09. The van der Waals surface area contributed by atoms with E-state index >= 15 is 0 Å². The minimum atomic E-state index is 0.781. The monoisotopic (exact) mass is 232 g/mol. The number of benzene rings is 1. The molecule has 0 radical (unpaired) electrons. The van der Waals surface area contributed by atoms with Gasteiger partial charge in [0.25, 0.3) is 0 Å². The van der Waals surface area contributed by atoms with Crippen LogP contribution in [0.3, 0.4) is 0 Å². The number of thioether (sulfide) groups is 1. The van der Waals surface area contributed by atoms with Crippen LogP contribution in [-0.4, -0.2) is 27.3 Å². The molecule has 0 unspecified atom stereocenters. The van der Waals surface area contributed by atoms with Gasteiger partial charge in [0.05, 0.1) is 6.21 Å². The van der Waals surface area contributed by atoms with Gasteiger partial charge in [0, 0.05) is 0 Å². The van der Waals surface area contributed by atoms with Crippen LogP contribution in [0.15, 0.2) is 40.9 Å². The first-order valence-corrected chi connectivity index (χ1v) is 6.07. The Morgan fingerprint density at radius 2 is 2.06 bits per heavy atom. The van der Waals surface area contributed by atoms with Crippen LogP contribution in [-0.2, 0) is 0 Å². The number of aromatic nitrogens is 3. The molecule has 0 spiro atoms. The first-order valence-electron chi connectivity index (χ1n) is 4.84. The van der Waals surface area contributed by atoms with Crippen molar-refractivity contribution < 1.29 is 0 Å². The van der Waals surface area contributed by atoms with Crippen LogP contribution in [0, 0.1) is 6.92 Å². The van der Waals surface area contributed by atoms with Crippen LogP contribution >= 0.6 is 11.8 Å². The first-order chi connectivity index (χ1) is 7.79. The van der Waals surface area contributed by atoms with E-state index in [0.717, 1.165) is 10.7 Å². The molecule has 0 fully saturated rings. The van der Waals surface area contributed by atoms with Gasteiger partial charge < -0.3 is 0 Å². The van der Waals surface area contributed by atoms with Crippen molar-refractivity contribution in [2.45, 2.75) is 12.1 Å². The molecular formula is C11H12N4S. The number of hydrogen-bond acceptors (Lipinski definition) is 4. The maximum Gasteiger partial charge on any atom is 0.211 e. The van der Waals surface area contributed by atoms with Gasteiger partial charge in [0.1, 0.15) is 6.33 Å². The smallest absolute Gasteiger partial charge is 0.195 e. The number of nitrogens with zero attached hydrogens (tertiary/aromatic N) is 4. The van der Waals surface area contributed by atoms with Crippen molar-refractivity contribution in [3.05, 3.63) is 41.7 Å². The van der Waals surface area contributed by atoms with E-state index in [1.54, 1.807) is 17.2 Å². The van der Waals surface area contributed by atoms with Gasteiger partial charge in [-0.25, -0.2) is 0 Å². The van der Waals surface area contributed by atoms with Crippen LogP contribution in [0.2, 0.25) is 0 Å². The average Bonchev–Trinajstić information content (AvgIpc) is 2.76. The average molecular weight is 232 g/mol. The van der Waals surface area contributed by atoms with Crippen molar-refractivity contribution in [1.82, 2.24) is 14.9 Å². The zero-order valence-corrected chi connectivity index (χ0v) is 9.98. The summed E-state index contributed by atoms with van der Waals surface area (Å²) < 4.78 is 1.66. The van der Waals surface area contributed by atoms with E-state index in [9.17, 15) is 0 Å². The van der Waals surface area contributed by atoms with E-state index in [2.05, 4.69) is 34.4 Å². The molecule has 1 aromatic heterocycles. The molecule has 82 valence electrons. The van der Waals surface area contributed by atoms with Gasteiger partial charge in [-0.15, -0.1) is 10.2 Å². The van der Waals surface area contributed by atoms with E-state index in [1.165, 1.54) is 17.3 Å². The largest absolute Gasteiger partial charge is 0.211 e. The highest BCUT2D eigenvalue weighted by Crippen LogP contribution is 2.09. The lowest BCUT2D eigenvalue weighted by Crippen LogP contribution is -1.91. The molecule has 4 nitrogen and oxygen atoms in total. The summed E-state index contributed by atoms with van der Waals surface area (Å²) in [5, 5.41) is 12.8. The Morgan fingerprint density at radius 3 is 2.75 bits per heavy atom. The molecule has 0 saturated carbocycles. The molecule has 0 atom stereocenters. The molecule has 0 amide bonds. The summed E-state index contributed by atoms with van der Waals surface area (Å²) in [6.07, 6.45) is 5.33. The van der Waals surface area contributed by atoms with Crippen molar-refractivity contribution in [1.29, 1.82) is 0 Å². The van der Waals surface area contributed by atoms with Crippen LogP contribution in [0.25, 0.3) is 0 Å². The van der Waals surface area contributed by atoms with Gasteiger partial charge in [-0.3, -0.25) is 0 Å². The quantitative estimate of drug-likeness (QED) is 0.602. The van der Waals surface area contributed by atoms with Crippen LogP contribution in [0.4, 0.5) is 0 Å². The second-order valence-electron chi connectivity index (χ2n) is 3.32. The van der Waals surface area contributed by atoms with E-state index in [4.69, 9.17) is 0 Å². The fraction of sp³-hybridized carbons (Fsp3) is 0.182. The van der Waals surface area contributed by atoms with Gasteiger partial charge in [0.2, 0.25) is 5.16 Å². The molecule has 0 N–H and O–H groups in total. The zero-order valence-electron chi connectivity index (χ0n) is 9.16. The topological polar surface area (TPSA) is 43.1 Å². The predicted octanol–water partition coefficient (Wildman–Crippen LogP) is 2.19. The van der Waals surface area contributed by atoms with Gasteiger partial charge in [-0.2, -0.15) is 9.78 Å².